The molecule has 0 saturated carbocycles. The van der Waals surface area contributed by atoms with Crippen molar-refractivity contribution in [3.05, 3.63) is 76.8 Å². The van der Waals surface area contributed by atoms with Crippen molar-refractivity contribution in [2.24, 2.45) is 23.7 Å². The molecule has 7 nitrogen and oxygen atoms in total. The SMILES string of the molecule is C.C.C.CC(=O)C(C)C.CC(C)C(=O)c1ccccn1.CC(C)C(=O)c1cccnc1.CC(C)C(=O)c1nccs1. The van der Waals surface area contributed by atoms with Gasteiger partial charge in [-0.25, -0.2) is 4.98 Å². The van der Waals surface area contributed by atoms with Crippen molar-refractivity contribution in [1.29, 1.82) is 0 Å². The van der Waals surface area contributed by atoms with E-state index in [1.54, 1.807) is 56.0 Å². The third kappa shape index (κ3) is 19.3. The number of carbonyl (C=O) groups excluding carboxylic acids is 4. The summed E-state index contributed by atoms with van der Waals surface area (Å²) in [5.74, 6) is 1.01. The lowest BCUT2D eigenvalue weighted by Gasteiger charge is -2.01. The first kappa shape index (κ1) is 44.6. The lowest BCUT2D eigenvalue weighted by atomic mass is 10.0. The maximum absolute atomic E-state index is 11.3. The van der Waals surface area contributed by atoms with Gasteiger partial charge >= 0.3 is 0 Å². The molecule has 0 aliphatic heterocycles. The van der Waals surface area contributed by atoms with Crippen LogP contribution in [0.4, 0.5) is 0 Å². The monoisotopic (exact) mass is 587 g/mol. The summed E-state index contributed by atoms with van der Waals surface area (Å²) >= 11 is 1.40. The van der Waals surface area contributed by atoms with Crippen LogP contribution in [0.2, 0.25) is 0 Å². The molecule has 230 valence electrons. The predicted molar refractivity (Wildman–Crippen MR) is 174 cm³/mol. The summed E-state index contributed by atoms with van der Waals surface area (Å²) in [6, 6.07) is 8.92. The highest BCUT2D eigenvalue weighted by molar-refractivity contribution is 7.11. The van der Waals surface area contributed by atoms with E-state index in [4.69, 9.17) is 0 Å². The minimum absolute atomic E-state index is 0. The Balaban J connectivity index is -0.000000222. The van der Waals surface area contributed by atoms with Gasteiger partial charge in [-0.1, -0.05) is 83.7 Å². The molecule has 0 spiro atoms. The molecule has 0 aromatic carbocycles. The number of nitrogens with zero attached hydrogens (tertiary/aromatic N) is 3. The van der Waals surface area contributed by atoms with Crippen LogP contribution in [0.3, 0.4) is 0 Å². The first-order valence-corrected chi connectivity index (χ1v) is 13.5. The average Bonchev–Trinajstić information content (AvgIpc) is 3.44. The highest BCUT2D eigenvalue weighted by Gasteiger charge is 2.12. The van der Waals surface area contributed by atoms with Gasteiger partial charge in [0.25, 0.3) is 0 Å². The number of Topliss-reactive ketones (excluding diaryl/α,β-unsaturated/α-hetero) is 4. The van der Waals surface area contributed by atoms with E-state index in [0.717, 1.165) is 0 Å². The van der Waals surface area contributed by atoms with Gasteiger partial charge in [-0.2, -0.15) is 0 Å². The van der Waals surface area contributed by atoms with Crippen LogP contribution in [0, 0.1) is 23.7 Å². The number of hydrogen-bond acceptors (Lipinski definition) is 8. The molecule has 0 aliphatic carbocycles. The highest BCUT2D eigenvalue weighted by atomic mass is 32.1. The zero-order valence-electron chi connectivity index (χ0n) is 24.0. The Kier molecular flexibility index (Phi) is 26.6. The van der Waals surface area contributed by atoms with Crippen molar-refractivity contribution in [1.82, 2.24) is 15.0 Å². The molecule has 41 heavy (non-hydrogen) atoms. The third-order valence-corrected chi connectivity index (χ3v) is 5.68. The first-order chi connectivity index (χ1) is 17.8. The fraction of sp³-hybridized carbons (Fsp3) is 0.485. The van der Waals surface area contributed by atoms with Gasteiger partial charge in [0, 0.05) is 59.4 Å². The predicted octanol–water partition coefficient (Wildman–Crippen LogP) is 8.96. The number of pyridine rings is 2. The molecule has 0 fully saturated rings. The molecule has 0 atom stereocenters. The summed E-state index contributed by atoms with van der Waals surface area (Å²) in [6.07, 6.45) is 6.55. The van der Waals surface area contributed by atoms with Gasteiger partial charge in [-0.15, -0.1) is 11.3 Å². The topological polar surface area (TPSA) is 107 Å². The summed E-state index contributed by atoms with van der Waals surface area (Å²) in [7, 11) is 0. The molecule has 3 aromatic rings. The lowest BCUT2D eigenvalue weighted by Crippen LogP contribution is -2.08. The van der Waals surface area contributed by atoms with Gasteiger partial charge in [0.05, 0.1) is 0 Å². The van der Waals surface area contributed by atoms with Crippen LogP contribution in [0.15, 0.2) is 60.5 Å². The fourth-order valence-electron chi connectivity index (χ4n) is 2.24. The Bertz CT molecular complexity index is 1040. The van der Waals surface area contributed by atoms with Crippen LogP contribution in [0.25, 0.3) is 0 Å². The van der Waals surface area contributed by atoms with Crippen LogP contribution in [-0.4, -0.2) is 38.1 Å². The molecular weight excluding hydrogens is 534 g/mol. The van der Waals surface area contributed by atoms with E-state index < -0.39 is 0 Å². The number of thiazole rings is 1. The number of hydrogen-bond donors (Lipinski definition) is 0. The summed E-state index contributed by atoms with van der Waals surface area (Å²) in [4.78, 5) is 55.6. The summed E-state index contributed by atoms with van der Waals surface area (Å²) in [5.41, 5.74) is 1.25. The Morgan fingerprint density at radius 2 is 1.17 bits per heavy atom. The Hall–Kier alpha value is -3.39. The van der Waals surface area contributed by atoms with Gasteiger partial charge in [-0.05, 0) is 31.2 Å². The molecule has 0 bridgehead atoms. The average molecular weight is 588 g/mol. The van der Waals surface area contributed by atoms with Crippen LogP contribution >= 0.6 is 11.3 Å². The minimum atomic E-state index is 0. The standard InChI is InChI=1S/2C9H11NO.C7H9NOS.C5H10O.3CH4/c1-7(2)9(11)8-4-3-5-10-6-8;1-7(2)9(11)8-5-3-4-6-10-8;1-5(2)6(9)7-8-3-4-10-7;1-4(2)5(3)6;;;/h2*3-7H,1-2H3;3-5H,1-2H3;4H,1-3H3;3*1H4. The molecule has 0 unspecified atom stereocenters. The minimum Gasteiger partial charge on any atom is -0.300 e. The van der Waals surface area contributed by atoms with Gasteiger partial charge < -0.3 is 0 Å². The van der Waals surface area contributed by atoms with Crippen LogP contribution in [-0.2, 0) is 4.79 Å². The molecular formula is C33H53N3O4S. The molecule has 3 heterocycles. The van der Waals surface area contributed by atoms with Crippen molar-refractivity contribution in [3.8, 4) is 0 Å². The first-order valence-electron chi connectivity index (χ1n) is 12.6. The Labute approximate surface area is 253 Å². The van der Waals surface area contributed by atoms with E-state index in [-0.39, 0.29) is 69.1 Å². The smallest absolute Gasteiger partial charge is 0.193 e. The Morgan fingerprint density at radius 1 is 0.634 bits per heavy atom. The van der Waals surface area contributed by atoms with Crippen LogP contribution < -0.4 is 0 Å². The molecule has 0 radical (unpaired) electrons. The molecule has 0 saturated heterocycles. The quantitative estimate of drug-likeness (QED) is 0.254. The van der Waals surface area contributed by atoms with Crippen LogP contribution in [0.5, 0.6) is 0 Å². The van der Waals surface area contributed by atoms with Crippen molar-refractivity contribution in [2.75, 3.05) is 0 Å². The summed E-state index contributed by atoms with van der Waals surface area (Å²) < 4.78 is 0. The largest absolute Gasteiger partial charge is 0.300 e. The second-order valence-electron chi connectivity index (χ2n) is 9.62. The van der Waals surface area contributed by atoms with E-state index in [1.807, 2.05) is 66.8 Å². The van der Waals surface area contributed by atoms with Gasteiger partial charge in [0.2, 0.25) is 0 Å². The number of aromatic nitrogens is 3. The van der Waals surface area contributed by atoms with Crippen molar-refractivity contribution in [2.45, 2.75) is 84.6 Å². The van der Waals surface area contributed by atoms with Crippen molar-refractivity contribution in [3.63, 3.8) is 0 Å². The Morgan fingerprint density at radius 3 is 1.51 bits per heavy atom. The maximum Gasteiger partial charge on any atom is 0.193 e. The maximum atomic E-state index is 11.3. The molecule has 0 aliphatic rings. The van der Waals surface area contributed by atoms with E-state index in [0.29, 0.717) is 16.3 Å². The molecule has 3 rings (SSSR count). The van der Waals surface area contributed by atoms with E-state index in [1.165, 1.54) is 11.3 Å². The summed E-state index contributed by atoms with van der Waals surface area (Å²) in [6.45, 7) is 16.7. The van der Waals surface area contributed by atoms with Crippen molar-refractivity contribution < 1.29 is 19.2 Å². The number of rotatable bonds is 7. The number of ketones is 4. The van der Waals surface area contributed by atoms with E-state index >= 15 is 0 Å². The van der Waals surface area contributed by atoms with Gasteiger partial charge in [0.1, 0.15) is 11.5 Å². The number of carbonyl (C=O) groups is 4. The molecule has 0 amide bonds. The van der Waals surface area contributed by atoms with Gasteiger partial charge in [0.15, 0.2) is 22.4 Å². The molecule has 8 heteroatoms. The normalized spacial score (nSPS) is 9.29. The zero-order chi connectivity index (χ0) is 29.3. The molecule has 3 aromatic heterocycles. The summed E-state index contributed by atoms with van der Waals surface area (Å²) in [5, 5.41) is 2.44. The van der Waals surface area contributed by atoms with Crippen LogP contribution in [0.1, 0.15) is 115 Å². The zero-order valence-corrected chi connectivity index (χ0v) is 24.8. The highest BCUT2D eigenvalue weighted by Crippen LogP contribution is 2.10. The fourth-order valence-corrected chi connectivity index (χ4v) is 2.96. The third-order valence-electron chi connectivity index (χ3n) is 4.89. The second kappa shape index (κ2) is 24.4. The van der Waals surface area contributed by atoms with E-state index in [2.05, 4.69) is 15.0 Å². The van der Waals surface area contributed by atoms with Crippen molar-refractivity contribution >= 4 is 34.5 Å². The van der Waals surface area contributed by atoms with Gasteiger partial charge in [-0.3, -0.25) is 29.1 Å². The van der Waals surface area contributed by atoms with E-state index in [9.17, 15) is 19.2 Å². The lowest BCUT2D eigenvalue weighted by molar-refractivity contribution is -0.119. The second-order valence-corrected chi connectivity index (χ2v) is 10.5. The molecule has 0 N–H and O–H groups in total.